The normalized spacial score (nSPS) is 10.4. The summed E-state index contributed by atoms with van der Waals surface area (Å²) in [6.45, 7) is 0. The van der Waals surface area contributed by atoms with E-state index in [1.54, 1.807) is 53.9 Å². The van der Waals surface area contributed by atoms with Crippen molar-refractivity contribution in [2.45, 2.75) is 0 Å². The monoisotopic (exact) mass is 453 g/mol. The van der Waals surface area contributed by atoms with Gasteiger partial charge in [0.1, 0.15) is 22.1 Å². The Bertz CT molecular complexity index is 1140. The van der Waals surface area contributed by atoms with Gasteiger partial charge < -0.3 is 19.5 Å². The van der Waals surface area contributed by atoms with Crippen LogP contribution in [0.25, 0.3) is 0 Å². The predicted octanol–water partition coefficient (Wildman–Crippen LogP) is 3.07. The Morgan fingerprint density at radius 1 is 0.938 bits per heavy atom. The minimum atomic E-state index is -1.00. The van der Waals surface area contributed by atoms with Crippen LogP contribution >= 0.6 is 11.3 Å². The Hall–Kier alpha value is -4.18. The molecule has 2 N–H and O–H groups in total. The van der Waals surface area contributed by atoms with Gasteiger partial charge in [0, 0.05) is 11.6 Å². The smallest absolute Gasteiger partial charge is 0.353 e. The molecule has 3 rings (SSSR count). The van der Waals surface area contributed by atoms with Crippen molar-refractivity contribution in [1.29, 1.82) is 0 Å². The number of methoxy groups -OCH3 is 2. The molecule has 10 heteroatoms. The molecule has 1 aromatic heterocycles. The first kappa shape index (κ1) is 22.5. The number of ether oxygens (including phenoxy) is 3. The van der Waals surface area contributed by atoms with E-state index in [4.69, 9.17) is 14.2 Å². The Morgan fingerprint density at radius 2 is 1.75 bits per heavy atom. The van der Waals surface area contributed by atoms with Crippen molar-refractivity contribution in [3.8, 4) is 17.2 Å². The minimum Gasteiger partial charge on any atom is -0.497 e. The molecule has 0 aliphatic heterocycles. The summed E-state index contributed by atoms with van der Waals surface area (Å²) in [7, 11) is 2.91. The van der Waals surface area contributed by atoms with Crippen molar-refractivity contribution < 1.29 is 28.6 Å². The summed E-state index contributed by atoms with van der Waals surface area (Å²) < 4.78 is 15.7. The van der Waals surface area contributed by atoms with E-state index in [1.165, 1.54) is 37.8 Å². The Balaban J connectivity index is 1.63. The molecular weight excluding hydrogens is 434 g/mol. The van der Waals surface area contributed by atoms with Gasteiger partial charge in [0.2, 0.25) is 0 Å². The number of carbonyl (C=O) groups excluding carboxylic acids is 3. The number of hydrogen-bond acceptors (Lipinski definition) is 8. The third-order valence-corrected chi connectivity index (χ3v) is 4.92. The van der Waals surface area contributed by atoms with Crippen LogP contribution in [0.3, 0.4) is 0 Å². The highest BCUT2D eigenvalue weighted by atomic mass is 32.1. The predicted molar refractivity (Wildman–Crippen MR) is 120 cm³/mol. The van der Waals surface area contributed by atoms with E-state index in [0.717, 1.165) is 0 Å². The molecule has 0 aliphatic rings. The number of nitrogens with one attached hydrogen (secondary N) is 2. The maximum absolute atomic E-state index is 12.2. The number of hydrazone groups is 1. The number of para-hydroxylation sites is 1. The quantitative estimate of drug-likeness (QED) is 0.187. The molecule has 2 amide bonds. The first-order valence-corrected chi connectivity index (χ1v) is 10.1. The van der Waals surface area contributed by atoms with Gasteiger partial charge in [-0.1, -0.05) is 18.2 Å². The van der Waals surface area contributed by atoms with E-state index in [2.05, 4.69) is 15.8 Å². The van der Waals surface area contributed by atoms with Gasteiger partial charge in [0.25, 0.3) is 0 Å². The second-order valence-corrected chi connectivity index (χ2v) is 7.07. The molecule has 0 aliphatic carbocycles. The van der Waals surface area contributed by atoms with E-state index in [9.17, 15) is 14.4 Å². The fraction of sp³-hybridized carbons (Fsp3) is 0.0909. The van der Waals surface area contributed by atoms with Crippen LogP contribution in [0.15, 0.2) is 65.1 Å². The first-order chi connectivity index (χ1) is 15.5. The van der Waals surface area contributed by atoms with Crippen LogP contribution in [0, 0.1) is 0 Å². The zero-order chi connectivity index (χ0) is 22.9. The van der Waals surface area contributed by atoms with Gasteiger partial charge >= 0.3 is 17.8 Å². The number of rotatable bonds is 7. The van der Waals surface area contributed by atoms with Crippen LogP contribution in [-0.2, 0) is 9.59 Å². The molecule has 2 aromatic carbocycles. The van der Waals surface area contributed by atoms with Crippen molar-refractivity contribution >= 4 is 41.0 Å². The van der Waals surface area contributed by atoms with Gasteiger partial charge in [-0.3, -0.25) is 9.59 Å². The fourth-order valence-corrected chi connectivity index (χ4v) is 3.13. The van der Waals surface area contributed by atoms with Gasteiger partial charge in [-0.25, -0.2) is 10.2 Å². The maximum atomic E-state index is 12.2. The van der Waals surface area contributed by atoms with Crippen LogP contribution in [0.4, 0.5) is 5.69 Å². The fourth-order valence-electron chi connectivity index (χ4n) is 2.53. The van der Waals surface area contributed by atoms with Crippen molar-refractivity contribution in [3.63, 3.8) is 0 Å². The average Bonchev–Trinajstić information content (AvgIpc) is 3.35. The zero-order valence-corrected chi connectivity index (χ0v) is 18.0. The summed E-state index contributed by atoms with van der Waals surface area (Å²) in [6.07, 6.45) is 1.27. The molecule has 0 spiro atoms. The van der Waals surface area contributed by atoms with E-state index < -0.39 is 17.8 Å². The van der Waals surface area contributed by atoms with Crippen LogP contribution < -0.4 is 25.0 Å². The number of thiophene rings is 1. The Morgan fingerprint density at radius 3 is 2.47 bits per heavy atom. The van der Waals surface area contributed by atoms with Gasteiger partial charge in [-0.2, -0.15) is 5.10 Å². The zero-order valence-electron chi connectivity index (χ0n) is 17.2. The molecule has 9 nitrogen and oxygen atoms in total. The molecule has 3 aromatic rings. The second kappa shape index (κ2) is 10.7. The van der Waals surface area contributed by atoms with Gasteiger partial charge in [-0.05, 0) is 35.7 Å². The number of benzene rings is 2. The van der Waals surface area contributed by atoms with Gasteiger partial charge in [0.15, 0.2) is 0 Å². The van der Waals surface area contributed by atoms with Crippen LogP contribution in [0.1, 0.15) is 15.2 Å². The van der Waals surface area contributed by atoms with Gasteiger partial charge in [-0.15, -0.1) is 11.3 Å². The highest BCUT2D eigenvalue weighted by Crippen LogP contribution is 2.28. The largest absolute Gasteiger partial charge is 0.497 e. The molecule has 0 unspecified atom stereocenters. The summed E-state index contributed by atoms with van der Waals surface area (Å²) in [5.41, 5.74) is 2.84. The third kappa shape index (κ3) is 5.70. The third-order valence-electron chi connectivity index (χ3n) is 4.07. The molecule has 0 atom stereocenters. The van der Waals surface area contributed by atoms with E-state index in [1.807, 2.05) is 0 Å². The highest BCUT2D eigenvalue weighted by Gasteiger charge is 2.16. The summed E-state index contributed by atoms with van der Waals surface area (Å²) in [5, 5.41) is 7.99. The number of amides is 2. The average molecular weight is 453 g/mol. The lowest BCUT2D eigenvalue weighted by atomic mass is 10.2. The Labute approximate surface area is 187 Å². The molecule has 32 heavy (non-hydrogen) atoms. The van der Waals surface area contributed by atoms with E-state index in [-0.39, 0.29) is 11.4 Å². The van der Waals surface area contributed by atoms with Crippen molar-refractivity contribution in [3.05, 3.63) is 70.4 Å². The molecule has 0 radical (unpaired) electrons. The minimum absolute atomic E-state index is 0.259. The number of carbonyl (C=O) groups is 3. The van der Waals surface area contributed by atoms with E-state index in [0.29, 0.717) is 21.9 Å². The van der Waals surface area contributed by atoms with Crippen LogP contribution in [-0.4, -0.2) is 38.2 Å². The number of hydrogen-bond donors (Lipinski definition) is 2. The van der Waals surface area contributed by atoms with Gasteiger partial charge in [0.05, 0.1) is 26.1 Å². The lowest BCUT2D eigenvalue weighted by Gasteiger charge is -2.11. The van der Waals surface area contributed by atoms with Crippen molar-refractivity contribution in [1.82, 2.24) is 5.43 Å². The van der Waals surface area contributed by atoms with Crippen LogP contribution in [0.2, 0.25) is 0 Å². The van der Waals surface area contributed by atoms with Crippen molar-refractivity contribution in [2.75, 3.05) is 19.5 Å². The van der Waals surface area contributed by atoms with E-state index >= 15 is 0 Å². The molecule has 0 fully saturated rings. The maximum Gasteiger partial charge on any atom is 0.353 e. The lowest BCUT2D eigenvalue weighted by molar-refractivity contribution is -0.136. The van der Waals surface area contributed by atoms with Crippen molar-refractivity contribution in [2.24, 2.45) is 5.10 Å². The Kier molecular flexibility index (Phi) is 7.55. The van der Waals surface area contributed by atoms with Crippen LogP contribution in [0.5, 0.6) is 17.2 Å². The molecule has 164 valence electrons. The molecule has 0 bridgehead atoms. The summed E-state index contributed by atoms with van der Waals surface area (Å²) in [5.74, 6) is -1.36. The standard InChI is InChI=1S/C22H19N3O6S/c1-29-15-9-10-18(30-2)16(12-15)24-20(26)21(27)25-23-13-14-6-3-4-7-17(14)31-22(28)19-8-5-11-32-19/h3-13H,1-2H3,(H,24,26)(H,25,27)/b23-13+. The molecule has 0 saturated carbocycles. The molecular formula is C22H19N3O6S. The number of anilines is 1. The lowest BCUT2D eigenvalue weighted by Crippen LogP contribution is -2.32. The first-order valence-electron chi connectivity index (χ1n) is 9.23. The summed E-state index contributed by atoms with van der Waals surface area (Å²) >= 11 is 1.26. The molecule has 1 heterocycles. The second-order valence-electron chi connectivity index (χ2n) is 6.12. The highest BCUT2D eigenvalue weighted by molar-refractivity contribution is 7.12. The number of nitrogens with zero attached hydrogens (tertiary/aromatic N) is 1. The molecule has 0 saturated heterocycles. The topological polar surface area (TPSA) is 115 Å². The summed E-state index contributed by atoms with van der Waals surface area (Å²) in [6, 6.07) is 14.8. The number of esters is 1. The SMILES string of the molecule is COc1ccc(OC)c(NC(=O)C(=O)N/N=C/c2ccccc2OC(=O)c2cccs2)c1. The summed E-state index contributed by atoms with van der Waals surface area (Å²) in [4.78, 5) is 36.9.